The normalized spacial score (nSPS) is 31.3. The summed E-state index contributed by atoms with van der Waals surface area (Å²) in [6.45, 7) is 11.7. The minimum atomic E-state index is -3.95. The quantitative estimate of drug-likeness (QED) is 0.412. The molecule has 7 rings (SSSR count). The Bertz CT molecular complexity index is 1800. The highest BCUT2D eigenvalue weighted by molar-refractivity contribution is 7.90. The van der Waals surface area contributed by atoms with Crippen LogP contribution in [0.15, 0.2) is 48.6 Å². The van der Waals surface area contributed by atoms with E-state index in [2.05, 4.69) is 38.8 Å². The topological polar surface area (TPSA) is 108 Å². The third-order valence-electron chi connectivity index (χ3n) is 12.5. The van der Waals surface area contributed by atoms with E-state index in [1.165, 1.54) is 11.1 Å². The highest BCUT2D eigenvalue weighted by atomic mass is 35.5. The smallest absolute Gasteiger partial charge is 0.264 e. The number of sulfonamides is 1. The zero-order valence-electron chi connectivity index (χ0n) is 30.7. The number of amides is 2. The molecule has 1 spiro atoms. The van der Waals surface area contributed by atoms with Crippen molar-refractivity contribution in [3.05, 3.63) is 70.3 Å². The Morgan fingerprint density at radius 3 is 2.65 bits per heavy atom. The molecule has 0 unspecified atom stereocenters. The Balaban J connectivity index is 1.19. The highest BCUT2D eigenvalue weighted by Crippen LogP contribution is 2.47. The second-order valence-electron chi connectivity index (χ2n) is 15.8. The average molecular weight is 753 g/mol. The van der Waals surface area contributed by atoms with Gasteiger partial charge < -0.3 is 19.3 Å². The maximum Gasteiger partial charge on any atom is 0.264 e. The lowest BCUT2D eigenvalue weighted by Gasteiger charge is -2.46. The van der Waals surface area contributed by atoms with E-state index < -0.39 is 21.2 Å². The molecule has 3 aliphatic heterocycles. The molecule has 0 radical (unpaired) electrons. The minimum absolute atomic E-state index is 0.107. The number of benzene rings is 2. The zero-order chi connectivity index (χ0) is 36.6. The summed E-state index contributed by atoms with van der Waals surface area (Å²) in [5, 5.41) is -0.0402. The van der Waals surface area contributed by atoms with Crippen LogP contribution >= 0.6 is 11.6 Å². The van der Waals surface area contributed by atoms with Crippen LogP contribution < -0.4 is 14.4 Å². The van der Waals surface area contributed by atoms with Crippen LogP contribution in [-0.4, -0.2) is 100 Å². The van der Waals surface area contributed by atoms with Gasteiger partial charge in [0.2, 0.25) is 15.9 Å². The number of aryl methyl sites for hydroxylation is 1. The number of ether oxygens (including phenoxy) is 2. The molecule has 282 valence electrons. The average Bonchev–Trinajstić information content (AvgIpc) is 3.25. The van der Waals surface area contributed by atoms with E-state index in [-0.39, 0.29) is 23.3 Å². The molecular formula is C40H53ClN4O6S. The van der Waals surface area contributed by atoms with E-state index in [9.17, 15) is 18.0 Å². The minimum Gasteiger partial charge on any atom is -0.490 e. The Hall–Kier alpha value is -3.12. The molecule has 1 saturated heterocycles. The summed E-state index contributed by atoms with van der Waals surface area (Å²) >= 11 is 6.47. The number of piperazine rings is 1. The number of allylic oxidation sites excluding steroid dienone is 1. The molecule has 1 saturated carbocycles. The molecule has 6 atom stereocenters. The molecule has 3 heterocycles. The molecule has 10 nitrogen and oxygen atoms in total. The second kappa shape index (κ2) is 15.3. The lowest BCUT2D eigenvalue weighted by molar-refractivity contribution is -0.130. The molecule has 0 aromatic heterocycles. The maximum atomic E-state index is 13.6. The van der Waals surface area contributed by atoms with Gasteiger partial charge in [-0.3, -0.25) is 14.5 Å². The maximum absolute atomic E-state index is 13.6. The lowest BCUT2D eigenvalue weighted by Crippen LogP contribution is -2.50. The summed E-state index contributed by atoms with van der Waals surface area (Å²) in [6, 6.07) is 11.5. The predicted molar refractivity (Wildman–Crippen MR) is 204 cm³/mol. The first kappa shape index (κ1) is 37.2. The molecule has 2 aromatic rings. The van der Waals surface area contributed by atoms with Crippen molar-refractivity contribution in [2.75, 3.05) is 63.9 Å². The Kier molecular flexibility index (Phi) is 11.0. The number of halogens is 1. The number of hydrogen-bond donors (Lipinski definition) is 1. The second-order valence-corrected chi connectivity index (χ2v) is 18.3. The fourth-order valence-electron chi connectivity index (χ4n) is 8.92. The van der Waals surface area contributed by atoms with Gasteiger partial charge in [0, 0.05) is 68.7 Å². The van der Waals surface area contributed by atoms with Crippen LogP contribution in [0.5, 0.6) is 5.75 Å². The summed E-state index contributed by atoms with van der Waals surface area (Å²) in [7, 11) is -3.95. The summed E-state index contributed by atoms with van der Waals surface area (Å²) in [5.41, 5.74) is 3.38. The number of rotatable bonds is 4. The third kappa shape index (κ3) is 7.74. The van der Waals surface area contributed by atoms with Crippen LogP contribution in [0.25, 0.3) is 0 Å². The van der Waals surface area contributed by atoms with Crippen molar-refractivity contribution < 1.29 is 27.5 Å². The first-order chi connectivity index (χ1) is 24.9. The van der Waals surface area contributed by atoms with Gasteiger partial charge in [-0.05, 0) is 105 Å². The van der Waals surface area contributed by atoms with Crippen molar-refractivity contribution >= 4 is 39.1 Å². The van der Waals surface area contributed by atoms with Gasteiger partial charge in [0.15, 0.2) is 0 Å². The highest BCUT2D eigenvalue weighted by Gasteiger charge is 2.44. The Morgan fingerprint density at radius 1 is 1.10 bits per heavy atom. The van der Waals surface area contributed by atoms with E-state index in [0.29, 0.717) is 49.3 Å². The van der Waals surface area contributed by atoms with E-state index in [1.807, 2.05) is 30.0 Å². The molecule has 52 heavy (non-hydrogen) atoms. The van der Waals surface area contributed by atoms with E-state index in [0.717, 1.165) is 82.1 Å². The van der Waals surface area contributed by atoms with Gasteiger partial charge in [0.1, 0.15) is 5.75 Å². The van der Waals surface area contributed by atoms with E-state index in [1.54, 1.807) is 19.9 Å². The number of nitrogens with one attached hydrogen (secondary N) is 1. The van der Waals surface area contributed by atoms with E-state index in [4.69, 9.17) is 21.1 Å². The number of fused-ring (bicyclic) bond motifs is 4. The molecule has 2 fully saturated rings. The van der Waals surface area contributed by atoms with Crippen molar-refractivity contribution in [3.63, 3.8) is 0 Å². The fraction of sp³-hybridized carbons (Fsp3) is 0.600. The van der Waals surface area contributed by atoms with Gasteiger partial charge in [-0.2, -0.15) is 0 Å². The van der Waals surface area contributed by atoms with Crippen molar-refractivity contribution in [3.8, 4) is 5.75 Å². The first-order valence-corrected chi connectivity index (χ1v) is 21.0. The molecule has 2 bridgehead atoms. The number of anilines is 1. The molecule has 1 N–H and O–H groups in total. The summed E-state index contributed by atoms with van der Waals surface area (Å²) < 4.78 is 42.7. The molecular weight excluding hydrogens is 700 g/mol. The van der Waals surface area contributed by atoms with Crippen LogP contribution in [0.1, 0.15) is 74.4 Å². The van der Waals surface area contributed by atoms with Gasteiger partial charge in [-0.15, -0.1) is 0 Å². The molecule has 2 amide bonds. The summed E-state index contributed by atoms with van der Waals surface area (Å²) in [4.78, 5) is 32.0. The van der Waals surface area contributed by atoms with Gasteiger partial charge >= 0.3 is 0 Å². The first-order valence-electron chi connectivity index (χ1n) is 19.1. The summed E-state index contributed by atoms with van der Waals surface area (Å²) in [5.74, 6) is 0.632. The number of hydrogen-bond acceptors (Lipinski definition) is 8. The van der Waals surface area contributed by atoms with Crippen molar-refractivity contribution in [1.29, 1.82) is 0 Å². The molecule has 2 aromatic carbocycles. The van der Waals surface area contributed by atoms with Crippen LogP contribution in [0.4, 0.5) is 5.69 Å². The summed E-state index contributed by atoms with van der Waals surface area (Å²) in [6.07, 6.45) is 9.77. The zero-order valence-corrected chi connectivity index (χ0v) is 32.3. The number of carbonyl (C=O) groups excluding carboxylic acids is 2. The van der Waals surface area contributed by atoms with Gasteiger partial charge in [-0.1, -0.05) is 36.7 Å². The van der Waals surface area contributed by atoms with Crippen LogP contribution in [0, 0.1) is 17.8 Å². The van der Waals surface area contributed by atoms with Crippen LogP contribution in [-0.2, 0) is 31.4 Å². The largest absolute Gasteiger partial charge is 0.490 e. The number of carbonyl (C=O) groups is 2. The van der Waals surface area contributed by atoms with Gasteiger partial charge in [0.05, 0.1) is 30.3 Å². The third-order valence-corrected chi connectivity index (χ3v) is 14.7. The molecule has 12 heteroatoms. The predicted octanol–water partition coefficient (Wildman–Crippen LogP) is 5.43. The molecule has 2 aliphatic carbocycles. The van der Waals surface area contributed by atoms with Crippen molar-refractivity contribution in [1.82, 2.24) is 14.5 Å². The Labute approximate surface area is 313 Å². The van der Waals surface area contributed by atoms with E-state index >= 15 is 0 Å². The number of nitrogens with zero attached hydrogens (tertiary/aromatic N) is 3. The van der Waals surface area contributed by atoms with Gasteiger partial charge in [0.25, 0.3) is 5.91 Å². The van der Waals surface area contributed by atoms with Gasteiger partial charge in [-0.25, -0.2) is 13.1 Å². The fourth-order valence-corrected chi connectivity index (χ4v) is 10.4. The molecule has 5 aliphatic rings. The lowest BCUT2D eigenvalue weighted by atomic mass is 9.68. The van der Waals surface area contributed by atoms with Crippen molar-refractivity contribution in [2.24, 2.45) is 17.8 Å². The monoisotopic (exact) mass is 752 g/mol. The van der Waals surface area contributed by atoms with Crippen LogP contribution in [0.2, 0.25) is 5.02 Å². The van der Waals surface area contributed by atoms with Crippen LogP contribution in [0.3, 0.4) is 0 Å². The SMILES string of the molecule is CC(=O)N1CCN(CCO[C@H]2/C=C/C[C@H](C)[C@@H](C)S(=O)(=O)NC(=O)c3ccc4c(c3)N(C[C@@H]3CC[C@H]32)C[C@@]2(CCCc3cc(Cl)ccc32)CO4)CC1. The van der Waals surface area contributed by atoms with Crippen molar-refractivity contribution in [2.45, 2.75) is 76.1 Å². The standard InChI is InChI=1S/C40H53ClN4O6S/c1-27-6-4-8-37(50-21-20-43-16-18-44(19-17-43)29(3)46)34-12-9-32(34)24-45-25-40(15-5-7-30-22-33(41)11-13-35(30)40)26-51-38-14-10-31(23-36(38)45)39(47)42-52(48,49)28(27)2/h4,8,10-11,13-14,22-23,27-28,32,34,37H,5-7,9,12,15-21,24-26H2,1-3H3,(H,42,47)/b8-4+/t27-,28+,32-,34+,37-,40-/m0/s1. The Morgan fingerprint density at radius 2 is 1.90 bits per heavy atom.